The number of rotatable bonds is 4. The van der Waals surface area contributed by atoms with Crippen molar-refractivity contribution >= 4 is 5.65 Å². The van der Waals surface area contributed by atoms with E-state index in [0.717, 1.165) is 11.3 Å². The number of hydrogen-bond donors (Lipinski definition) is 0. The zero-order valence-electron chi connectivity index (χ0n) is 14.7. The summed E-state index contributed by atoms with van der Waals surface area (Å²) in [5, 5.41) is 8.95. The highest BCUT2D eigenvalue weighted by molar-refractivity contribution is 5.42. The molecule has 0 radical (unpaired) electrons. The Morgan fingerprint density at radius 2 is 1.96 bits per heavy atom. The Balaban J connectivity index is 1.62. The smallest absolute Gasteiger partial charge is 0.338 e. The van der Waals surface area contributed by atoms with E-state index in [1.165, 1.54) is 4.40 Å². The molecule has 132 valence electrons. The predicted molar refractivity (Wildman–Crippen MR) is 101 cm³/mol. The van der Waals surface area contributed by atoms with Crippen LogP contribution in [0.4, 0.5) is 0 Å². The average molecular weight is 356 g/mol. The standard InChI is InChI=1S/C21H16N4O2/c1-15-5-7-18(8-6-15)24-10-9-20-23-17(13-25(20)21(24)26)14-27-19-4-2-3-16(11-19)12-22/h2-11,13H,14H2,1H3. The molecule has 0 fully saturated rings. The second kappa shape index (κ2) is 6.81. The number of nitrogens with zero attached hydrogens (tertiary/aromatic N) is 4. The van der Waals surface area contributed by atoms with Crippen LogP contribution in [-0.2, 0) is 6.61 Å². The molecule has 4 aromatic rings. The summed E-state index contributed by atoms with van der Waals surface area (Å²) in [6.45, 7) is 2.21. The molecule has 0 spiro atoms. The molecule has 4 rings (SSSR count). The highest BCUT2D eigenvalue weighted by Gasteiger charge is 2.09. The van der Waals surface area contributed by atoms with E-state index in [9.17, 15) is 4.79 Å². The molecule has 6 nitrogen and oxygen atoms in total. The van der Waals surface area contributed by atoms with Crippen LogP contribution < -0.4 is 10.4 Å². The molecule has 0 saturated carbocycles. The van der Waals surface area contributed by atoms with Crippen molar-refractivity contribution in [2.75, 3.05) is 0 Å². The summed E-state index contributed by atoms with van der Waals surface area (Å²) < 4.78 is 8.78. The average Bonchev–Trinajstić information content (AvgIpc) is 3.12. The van der Waals surface area contributed by atoms with E-state index in [1.54, 1.807) is 47.3 Å². The molecule has 6 heteroatoms. The Morgan fingerprint density at radius 3 is 2.74 bits per heavy atom. The molecule has 2 heterocycles. The minimum absolute atomic E-state index is 0.193. The quantitative estimate of drug-likeness (QED) is 0.563. The number of hydrogen-bond acceptors (Lipinski definition) is 4. The third-order valence-electron chi connectivity index (χ3n) is 4.23. The first-order valence-electron chi connectivity index (χ1n) is 8.44. The molecule has 0 aliphatic rings. The molecule has 0 bridgehead atoms. The van der Waals surface area contributed by atoms with Gasteiger partial charge in [0.15, 0.2) is 0 Å². The lowest BCUT2D eigenvalue weighted by molar-refractivity contribution is 0.302. The number of aromatic nitrogens is 3. The van der Waals surface area contributed by atoms with Crippen molar-refractivity contribution in [3.05, 3.63) is 94.3 Å². The summed E-state index contributed by atoms with van der Waals surface area (Å²) in [6, 6.07) is 18.5. The van der Waals surface area contributed by atoms with E-state index >= 15 is 0 Å². The summed E-state index contributed by atoms with van der Waals surface area (Å²) >= 11 is 0. The summed E-state index contributed by atoms with van der Waals surface area (Å²) in [5.74, 6) is 0.586. The van der Waals surface area contributed by atoms with Crippen LogP contribution in [0.25, 0.3) is 11.3 Å². The Morgan fingerprint density at radius 1 is 1.15 bits per heavy atom. The predicted octanol–water partition coefficient (Wildman–Crippen LogP) is 3.24. The van der Waals surface area contributed by atoms with Gasteiger partial charge >= 0.3 is 5.69 Å². The van der Waals surface area contributed by atoms with E-state index in [2.05, 4.69) is 11.1 Å². The lowest BCUT2D eigenvalue weighted by atomic mass is 10.2. The molecule has 2 aromatic heterocycles. The lowest BCUT2D eigenvalue weighted by Gasteiger charge is -2.06. The first kappa shape index (κ1) is 16.6. The Bertz CT molecular complexity index is 1210. The zero-order chi connectivity index (χ0) is 18.8. The van der Waals surface area contributed by atoms with E-state index < -0.39 is 0 Å². The van der Waals surface area contributed by atoms with Gasteiger partial charge in [-0.15, -0.1) is 0 Å². The largest absolute Gasteiger partial charge is 0.487 e. The molecule has 0 saturated heterocycles. The van der Waals surface area contributed by atoms with Crippen molar-refractivity contribution in [3.8, 4) is 17.5 Å². The van der Waals surface area contributed by atoms with Crippen LogP contribution >= 0.6 is 0 Å². The topological polar surface area (TPSA) is 72.3 Å². The molecule has 0 atom stereocenters. The SMILES string of the molecule is Cc1ccc(-n2ccc3nc(COc4cccc(C#N)c4)cn3c2=O)cc1. The highest BCUT2D eigenvalue weighted by atomic mass is 16.5. The fraction of sp³-hybridized carbons (Fsp3) is 0.0952. The monoisotopic (exact) mass is 356 g/mol. The van der Waals surface area contributed by atoms with Gasteiger partial charge in [0.05, 0.1) is 23.0 Å². The number of imidazole rings is 1. The third kappa shape index (κ3) is 3.31. The van der Waals surface area contributed by atoms with E-state index in [4.69, 9.17) is 10.00 Å². The number of nitriles is 1. The van der Waals surface area contributed by atoms with Crippen molar-refractivity contribution in [2.24, 2.45) is 0 Å². The fourth-order valence-electron chi connectivity index (χ4n) is 2.82. The summed E-state index contributed by atoms with van der Waals surface area (Å²) in [4.78, 5) is 17.2. The van der Waals surface area contributed by atoms with Crippen LogP contribution in [0.2, 0.25) is 0 Å². The molecule has 0 aliphatic carbocycles. The van der Waals surface area contributed by atoms with Crippen molar-refractivity contribution in [1.29, 1.82) is 5.26 Å². The van der Waals surface area contributed by atoms with Gasteiger partial charge in [-0.2, -0.15) is 5.26 Å². The minimum Gasteiger partial charge on any atom is -0.487 e. The van der Waals surface area contributed by atoms with E-state index in [0.29, 0.717) is 22.7 Å². The fourth-order valence-corrected chi connectivity index (χ4v) is 2.82. The summed E-state index contributed by atoms with van der Waals surface area (Å²) in [6.07, 6.45) is 3.40. The lowest BCUT2D eigenvalue weighted by Crippen LogP contribution is -2.24. The van der Waals surface area contributed by atoms with Crippen molar-refractivity contribution in [1.82, 2.24) is 14.0 Å². The molecule has 0 amide bonds. The van der Waals surface area contributed by atoms with Crippen molar-refractivity contribution in [2.45, 2.75) is 13.5 Å². The first-order valence-corrected chi connectivity index (χ1v) is 8.44. The molecule has 2 aromatic carbocycles. The van der Waals surface area contributed by atoms with Gasteiger partial charge < -0.3 is 4.74 Å². The van der Waals surface area contributed by atoms with Gasteiger partial charge in [-0.3, -0.25) is 8.97 Å². The van der Waals surface area contributed by atoms with Gasteiger partial charge in [0.1, 0.15) is 18.0 Å². The Labute approximate surface area is 155 Å². The molecule has 27 heavy (non-hydrogen) atoms. The first-order chi connectivity index (χ1) is 13.1. The number of aryl methyl sites for hydroxylation is 1. The zero-order valence-corrected chi connectivity index (χ0v) is 14.7. The van der Waals surface area contributed by atoms with Gasteiger partial charge in [0.25, 0.3) is 0 Å². The normalized spacial score (nSPS) is 10.7. The number of fused-ring (bicyclic) bond motifs is 1. The summed E-state index contributed by atoms with van der Waals surface area (Å²) in [5.41, 5.74) is 3.47. The van der Waals surface area contributed by atoms with Crippen LogP contribution in [0.15, 0.2) is 71.8 Å². The van der Waals surface area contributed by atoms with Gasteiger partial charge in [0, 0.05) is 12.4 Å². The van der Waals surface area contributed by atoms with E-state index in [-0.39, 0.29) is 12.3 Å². The second-order valence-electron chi connectivity index (χ2n) is 6.19. The maximum absolute atomic E-state index is 12.8. The van der Waals surface area contributed by atoms with Gasteiger partial charge in [-0.1, -0.05) is 23.8 Å². The summed E-state index contributed by atoms with van der Waals surface area (Å²) in [7, 11) is 0. The Kier molecular flexibility index (Phi) is 4.19. The molecular formula is C21H16N4O2. The number of benzene rings is 2. The van der Waals surface area contributed by atoms with Gasteiger partial charge in [0.2, 0.25) is 0 Å². The maximum atomic E-state index is 12.8. The van der Waals surface area contributed by atoms with Crippen LogP contribution in [0, 0.1) is 18.3 Å². The molecular weight excluding hydrogens is 340 g/mol. The van der Waals surface area contributed by atoms with E-state index in [1.807, 2.05) is 31.2 Å². The molecule has 0 unspecified atom stereocenters. The minimum atomic E-state index is -0.193. The third-order valence-corrected chi connectivity index (χ3v) is 4.23. The second-order valence-corrected chi connectivity index (χ2v) is 6.19. The van der Waals surface area contributed by atoms with Crippen LogP contribution in [-0.4, -0.2) is 14.0 Å². The Hall–Kier alpha value is -3.85. The maximum Gasteiger partial charge on any atom is 0.338 e. The number of ether oxygens (including phenoxy) is 1. The van der Waals surface area contributed by atoms with Crippen LogP contribution in [0.3, 0.4) is 0 Å². The van der Waals surface area contributed by atoms with Crippen LogP contribution in [0.5, 0.6) is 5.75 Å². The molecule has 0 N–H and O–H groups in total. The van der Waals surface area contributed by atoms with Crippen molar-refractivity contribution in [3.63, 3.8) is 0 Å². The molecule has 0 aliphatic heterocycles. The highest BCUT2D eigenvalue weighted by Crippen LogP contribution is 2.15. The van der Waals surface area contributed by atoms with Gasteiger partial charge in [-0.05, 0) is 43.3 Å². The van der Waals surface area contributed by atoms with Crippen molar-refractivity contribution < 1.29 is 4.74 Å². The van der Waals surface area contributed by atoms with Gasteiger partial charge in [-0.25, -0.2) is 9.78 Å². The van der Waals surface area contributed by atoms with Crippen LogP contribution in [0.1, 0.15) is 16.8 Å².